The van der Waals surface area contributed by atoms with Crippen molar-refractivity contribution in [2.24, 2.45) is 0 Å². The van der Waals surface area contributed by atoms with Crippen LogP contribution in [0.5, 0.6) is 0 Å². The van der Waals surface area contributed by atoms with E-state index in [4.69, 9.17) is 9.15 Å². The number of oxazole rings is 1. The number of aliphatic hydroxyl groups is 1. The molecule has 0 spiro atoms. The summed E-state index contributed by atoms with van der Waals surface area (Å²) >= 11 is 0. The van der Waals surface area contributed by atoms with E-state index >= 15 is 0 Å². The van der Waals surface area contributed by atoms with E-state index in [-0.39, 0.29) is 0 Å². The molecule has 1 aromatic carbocycles. The average molecular weight is 302 g/mol. The van der Waals surface area contributed by atoms with Crippen molar-refractivity contribution in [3.63, 3.8) is 0 Å². The lowest BCUT2D eigenvalue weighted by Gasteiger charge is -2.26. The molecule has 1 fully saturated rings. The first-order valence-corrected chi connectivity index (χ1v) is 7.82. The van der Waals surface area contributed by atoms with Crippen LogP contribution >= 0.6 is 0 Å². The number of morpholine rings is 1. The molecule has 5 heteroatoms. The van der Waals surface area contributed by atoms with E-state index in [9.17, 15) is 5.11 Å². The predicted octanol–water partition coefficient (Wildman–Crippen LogP) is 2.55. The minimum absolute atomic E-state index is 0.412. The van der Waals surface area contributed by atoms with Gasteiger partial charge in [-0.1, -0.05) is 37.3 Å². The molecule has 1 saturated heterocycles. The maximum absolute atomic E-state index is 10.0. The molecular weight excluding hydrogens is 280 g/mol. The molecule has 1 aromatic heterocycles. The molecule has 22 heavy (non-hydrogen) atoms. The van der Waals surface area contributed by atoms with E-state index in [1.165, 1.54) is 5.56 Å². The second-order valence-corrected chi connectivity index (χ2v) is 5.49. The summed E-state index contributed by atoms with van der Waals surface area (Å²) in [6.07, 6.45) is 0.644. The molecule has 0 aliphatic carbocycles. The van der Waals surface area contributed by atoms with Crippen LogP contribution in [-0.4, -0.2) is 36.4 Å². The summed E-state index contributed by atoms with van der Waals surface area (Å²) in [6, 6.07) is 10.2. The average Bonchev–Trinajstić information content (AvgIpc) is 3.00. The van der Waals surface area contributed by atoms with Gasteiger partial charge in [-0.3, -0.25) is 0 Å². The molecular formula is C17H22N2O3. The summed E-state index contributed by atoms with van der Waals surface area (Å²) in [4.78, 5) is 6.71. The van der Waals surface area contributed by atoms with E-state index in [1.54, 1.807) is 0 Å². The Labute approximate surface area is 130 Å². The van der Waals surface area contributed by atoms with Gasteiger partial charge in [0.05, 0.1) is 13.2 Å². The van der Waals surface area contributed by atoms with Gasteiger partial charge in [0.15, 0.2) is 0 Å². The van der Waals surface area contributed by atoms with E-state index in [1.807, 2.05) is 25.1 Å². The molecule has 1 atom stereocenters. The first-order chi connectivity index (χ1) is 10.8. The minimum Gasteiger partial charge on any atom is -0.422 e. The van der Waals surface area contributed by atoms with Gasteiger partial charge in [-0.25, -0.2) is 4.98 Å². The molecule has 0 bridgehead atoms. The summed E-state index contributed by atoms with van der Waals surface area (Å²) in [5, 5.41) is 10.0. The number of nitrogens with zero attached hydrogens (tertiary/aromatic N) is 2. The zero-order chi connectivity index (χ0) is 15.4. The van der Waals surface area contributed by atoms with Crippen LogP contribution in [0.15, 0.2) is 34.7 Å². The summed E-state index contributed by atoms with van der Waals surface area (Å²) in [5.74, 6) is 1.18. The number of anilines is 1. The summed E-state index contributed by atoms with van der Waals surface area (Å²) in [7, 11) is 0. The van der Waals surface area contributed by atoms with E-state index < -0.39 is 6.10 Å². The van der Waals surface area contributed by atoms with Crippen molar-refractivity contribution in [1.29, 1.82) is 0 Å². The van der Waals surface area contributed by atoms with Crippen LogP contribution in [0.4, 0.5) is 5.88 Å². The fourth-order valence-corrected chi connectivity index (χ4v) is 2.60. The second-order valence-electron chi connectivity index (χ2n) is 5.49. The summed E-state index contributed by atoms with van der Waals surface area (Å²) < 4.78 is 11.3. The quantitative estimate of drug-likeness (QED) is 0.920. The Bertz CT molecular complexity index is 591. The van der Waals surface area contributed by atoms with Gasteiger partial charge < -0.3 is 19.2 Å². The number of ether oxygens (including phenoxy) is 1. The van der Waals surface area contributed by atoms with Crippen molar-refractivity contribution in [2.45, 2.75) is 25.9 Å². The number of rotatable bonds is 5. The number of aromatic nitrogens is 1. The Morgan fingerprint density at radius 1 is 1.23 bits per heavy atom. The zero-order valence-corrected chi connectivity index (χ0v) is 12.9. The normalized spacial score (nSPS) is 16.7. The molecule has 0 unspecified atom stereocenters. The summed E-state index contributed by atoms with van der Waals surface area (Å²) in [6.45, 7) is 4.88. The van der Waals surface area contributed by atoms with Gasteiger partial charge in [0.25, 0.3) is 0 Å². The standard InChI is InChI=1S/C17H22N2O3/c1-2-15(20)16-18-14(12-13-6-4-3-5-7-13)17(22-16)19-8-10-21-11-9-19/h3-7,15,20H,2,8-12H2,1H3/t15-/m0/s1. The third kappa shape index (κ3) is 3.31. The molecule has 118 valence electrons. The first kappa shape index (κ1) is 15.1. The third-order valence-corrected chi connectivity index (χ3v) is 3.88. The Hall–Kier alpha value is -1.85. The number of hydrogen-bond acceptors (Lipinski definition) is 5. The Morgan fingerprint density at radius 3 is 2.64 bits per heavy atom. The highest BCUT2D eigenvalue weighted by atomic mass is 16.5. The monoisotopic (exact) mass is 302 g/mol. The van der Waals surface area contributed by atoms with E-state index in [2.05, 4.69) is 22.0 Å². The molecule has 1 aliphatic heterocycles. The van der Waals surface area contributed by atoms with Crippen molar-refractivity contribution < 1.29 is 14.3 Å². The molecule has 0 saturated carbocycles. The highest BCUT2D eigenvalue weighted by Gasteiger charge is 2.24. The van der Waals surface area contributed by atoms with Gasteiger partial charge in [-0.2, -0.15) is 0 Å². The maximum Gasteiger partial charge on any atom is 0.226 e. The van der Waals surface area contributed by atoms with Crippen LogP contribution in [0.1, 0.15) is 36.6 Å². The topological polar surface area (TPSA) is 58.7 Å². The second kappa shape index (κ2) is 6.94. The largest absolute Gasteiger partial charge is 0.422 e. The SMILES string of the molecule is CC[C@H](O)c1nc(Cc2ccccc2)c(N2CCOCC2)o1. The molecule has 0 radical (unpaired) electrons. The lowest BCUT2D eigenvalue weighted by atomic mass is 10.1. The van der Waals surface area contributed by atoms with Crippen molar-refractivity contribution >= 4 is 5.88 Å². The van der Waals surface area contributed by atoms with Gasteiger partial charge in [0.1, 0.15) is 11.8 Å². The van der Waals surface area contributed by atoms with Gasteiger partial charge in [-0.05, 0) is 12.0 Å². The van der Waals surface area contributed by atoms with Crippen LogP contribution in [0, 0.1) is 0 Å². The number of aliphatic hydroxyl groups excluding tert-OH is 1. The lowest BCUT2D eigenvalue weighted by molar-refractivity contribution is 0.118. The van der Waals surface area contributed by atoms with Crippen molar-refractivity contribution in [3.8, 4) is 0 Å². The van der Waals surface area contributed by atoms with Crippen molar-refractivity contribution in [2.75, 3.05) is 31.2 Å². The van der Waals surface area contributed by atoms with Gasteiger partial charge >= 0.3 is 0 Å². The van der Waals surface area contributed by atoms with Crippen molar-refractivity contribution in [3.05, 3.63) is 47.5 Å². The summed E-state index contributed by atoms with van der Waals surface area (Å²) in [5.41, 5.74) is 2.07. The Balaban J connectivity index is 1.89. The molecule has 2 heterocycles. The molecule has 3 rings (SSSR count). The van der Waals surface area contributed by atoms with Crippen LogP contribution in [0.2, 0.25) is 0 Å². The van der Waals surface area contributed by atoms with Crippen LogP contribution < -0.4 is 4.90 Å². The number of benzene rings is 1. The van der Waals surface area contributed by atoms with Crippen LogP contribution in [0.25, 0.3) is 0 Å². The minimum atomic E-state index is -0.649. The van der Waals surface area contributed by atoms with E-state index in [0.29, 0.717) is 31.9 Å². The smallest absolute Gasteiger partial charge is 0.226 e. The van der Waals surface area contributed by atoms with Crippen LogP contribution in [0.3, 0.4) is 0 Å². The van der Waals surface area contributed by atoms with Crippen LogP contribution in [-0.2, 0) is 11.2 Å². The highest BCUT2D eigenvalue weighted by molar-refractivity contribution is 5.44. The molecule has 2 aromatic rings. The van der Waals surface area contributed by atoms with E-state index in [0.717, 1.165) is 24.7 Å². The number of hydrogen-bond donors (Lipinski definition) is 1. The zero-order valence-electron chi connectivity index (χ0n) is 12.9. The highest BCUT2D eigenvalue weighted by Crippen LogP contribution is 2.29. The fourth-order valence-electron chi connectivity index (χ4n) is 2.60. The molecule has 1 N–H and O–H groups in total. The Morgan fingerprint density at radius 2 is 1.95 bits per heavy atom. The molecule has 5 nitrogen and oxygen atoms in total. The third-order valence-electron chi connectivity index (χ3n) is 3.88. The van der Waals surface area contributed by atoms with Crippen molar-refractivity contribution in [1.82, 2.24) is 4.98 Å². The maximum atomic E-state index is 10.0. The van der Waals surface area contributed by atoms with Gasteiger partial charge in [0, 0.05) is 19.5 Å². The van der Waals surface area contributed by atoms with Gasteiger partial charge in [0.2, 0.25) is 11.8 Å². The predicted molar refractivity (Wildman–Crippen MR) is 84.0 cm³/mol. The van der Waals surface area contributed by atoms with Gasteiger partial charge in [-0.15, -0.1) is 0 Å². The lowest BCUT2D eigenvalue weighted by Crippen LogP contribution is -2.36. The fraction of sp³-hybridized carbons (Fsp3) is 0.471. The first-order valence-electron chi connectivity index (χ1n) is 7.82. The molecule has 1 aliphatic rings. The molecule has 0 amide bonds. The Kier molecular flexibility index (Phi) is 4.75.